The number of hydrogen-bond donors (Lipinski definition) is 1. The number of nitrogens with one attached hydrogen (secondary N) is 1. The van der Waals surface area contributed by atoms with Crippen molar-refractivity contribution in [2.75, 3.05) is 25.0 Å². The lowest BCUT2D eigenvalue weighted by Crippen LogP contribution is -2.51. The van der Waals surface area contributed by atoms with Crippen LogP contribution in [0.4, 0.5) is 5.69 Å². The largest absolute Gasteiger partial charge is 0.495 e. The van der Waals surface area contributed by atoms with Crippen molar-refractivity contribution < 1.29 is 22.7 Å². The molecule has 0 saturated carbocycles. The van der Waals surface area contributed by atoms with Crippen LogP contribution in [0.1, 0.15) is 18.9 Å². The Balaban J connectivity index is 2.12. The van der Waals surface area contributed by atoms with Crippen LogP contribution in [0.2, 0.25) is 15.1 Å². The van der Waals surface area contributed by atoms with Crippen molar-refractivity contribution in [1.82, 2.24) is 10.2 Å². The smallest absolute Gasteiger partial charge is 0.264 e. The third-order valence-corrected chi connectivity index (χ3v) is 8.85. The summed E-state index contributed by atoms with van der Waals surface area (Å²) in [6.45, 7) is 0.997. The normalized spacial score (nSPS) is 11.9. The number of hydrogen-bond acceptors (Lipinski definition) is 5. The van der Waals surface area contributed by atoms with Crippen molar-refractivity contribution in [2.24, 2.45) is 0 Å². The number of carbonyl (C=O) groups is 2. The highest BCUT2D eigenvalue weighted by molar-refractivity contribution is 7.92. The lowest BCUT2D eigenvalue weighted by atomic mass is 10.1. The minimum absolute atomic E-state index is 0.0243. The van der Waals surface area contributed by atoms with Crippen LogP contribution in [0, 0.1) is 0 Å². The molecule has 0 aliphatic carbocycles. The Labute approximate surface area is 243 Å². The first-order valence-electron chi connectivity index (χ1n) is 11.9. The molecule has 3 aromatic carbocycles. The fourth-order valence-electron chi connectivity index (χ4n) is 4.00. The Kier molecular flexibility index (Phi) is 10.5. The molecule has 208 valence electrons. The number of benzene rings is 3. The summed E-state index contributed by atoms with van der Waals surface area (Å²) in [6.07, 6.45) is 0.257. The molecule has 2 amide bonds. The van der Waals surface area contributed by atoms with Crippen LogP contribution in [0.3, 0.4) is 0 Å². The summed E-state index contributed by atoms with van der Waals surface area (Å²) < 4.78 is 33.8. The summed E-state index contributed by atoms with van der Waals surface area (Å²) in [5.41, 5.74) is 0.572. The Morgan fingerprint density at radius 3 is 2.13 bits per heavy atom. The molecule has 39 heavy (non-hydrogen) atoms. The molecule has 0 fully saturated rings. The number of amides is 2. The molecule has 1 atom stereocenters. The van der Waals surface area contributed by atoms with E-state index in [0.717, 1.165) is 4.31 Å². The van der Waals surface area contributed by atoms with Crippen LogP contribution in [-0.2, 0) is 26.2 Å². The Morgan fingerprint density at radius 1 is 0.949 bits per heavy atom. The van der Waals surface area contributed by atoms with Crippen LogP contribution < -0.4 is 14.4 Å². The highest BCUT2D eigenvalue weighted by atomic mass is 35.5. The maximum absolute atomic E-state index is 14.0. The molecule has 0 bridgehead atoms. The van der Waals surface area contributed by atoms with Gasteiger partial charge in [0.2, 0.25) is 11.8 Å². The minimum atomic E-state index is -4.23. The first-order chi connectivity index (χ1) is 18.5. The second kappa shape index (κ2) is 13.4. The molecule has 0 spiro atoms. The predicted molar refractivity (Wildman–Crippen MR) is 154 cm³/mol. The molecule has 0 aliphatic heterocycles. The SMILES string of the molecule is CC[C@H](C(=O)NC)N(Cc1c(Cl)cccc1Cl)C(=O)CN(c1ccc(OC)c(Cl)c1)S(=O)(=O)c1ccccc1. The number of nitrogens with zero attached hydrogens (tertiary/aromatic N) is 2. The number of anilines is 1. The number of likely N-dealkylation sites (N-methyl/N-ethyl adjacent to an activating group) is 1. The van der Waals surface area contributed by atoms with Gasteiger partial charge in [-0.05, 0) is 48.9 Å². The van der Waals surface area contributed by atoms with Gasteiger partial charge >= 0.3 is 0 Å². The summed E-state index contributed by atoms with van der Waals surface area (Å²) in [6, 6.07) is 16.1. The lowest BCUT2D eigenvalue weighted by molar-refractivity contribution is -0.140. The maximum Gasteiger partial charge on any atom is 0.264 e. The quantitative estimate of drug-likeness (QED) is 0.313. The molecule has 12 heteroatoms. The van der Waals surface area contributed by atoms with E-state index in [1.54, 1.807) is 43.3 Å². The Morgan fingerprint density at radius 2 is 1.59 bits per heavy atom. The zero-order chi connectivity index (χ0) is 28.7. The average Bonchev–Trinajstić information content (AvgIpc) is 2.93. The Hall–Kier alpha value is -2.98. The fourth-order valence-corrected chi connectivity index (χ4v) is 6.19. The van der Waals surface area contributed by atoms with E-state index in [2.05, 4.69) is 5.32 Å². The number of halogens is 3. The van der Waals surface area contributed by atoms with Gasteiger partial charge in [-0.1, -0.05) is 66.0 Å². The van der Waals surface area contributed by atoms with Gasteiger partial charge in [-0.3, -0.25) is 13.9 Å². The van der Waals surface area contributed by atoms with E-state index in [1.165, 1.54) is 49.4 Å². The topological polar surface area (TPSA) is 96.0 Å². The number of sulfonamides is 1. The van der Waals surface area contributed by atoms with Crippen LogP contribution in [-0.4, -0.2) is 51.9 Å². The van der Waals surface area contributed by atoms with E-state index in [1.807, 2.05) is 0 Å². The molecule has 0 heterocycles. The molecular formula is C27H28Cl3N3O5S. The maximum atomic E-state index is 14.0. The fraction of sp³-hybridized carbons (Fsp3) is 0.259. The van der Waals surface area contributed by atoms with E-state index in [4.69, 9.17) is 39.5 Å². The van der Waals surface area contributed by atoms with Crippen LogP contribution in [0.15, 0.2) is 71.6 Å². The van der Waals surface area contributed by atoms with Crippen LogP contribution >= 0.6 is 34.8 Å². The molecule has 1 N–H and O–H groups in total. The lowest BCUT2D eigenvalue weighted by Gasteiger charge is -2.33. The second-order valence-corrected chi connectivity index (χ2v) is 11.5. The van der Waals surface area contributed by atoms with Gasteiger partial charge in [-0.2, -0.15) is 0 Å². The molecule has 0 unspecified atom stereocenters. The van der Waals surface area contributed by atoms with Gasteiger partial charge in [-0.15, -0.1) is 0 Å². The van der Waals surface area contributed by atoms with E-state index in [-0.39, 0.29) is 28.6 Å². The van der Waals surface area contributed by atoms with Crippen molar-refractivity contribution >= 4 is 62.3 Å². The van der Waals surface area contributed by atoms with Crippen molar-refractivity contribution in [2.45, 2.75) is 30.8 Å². The summed E-state index contributed by atoms with van der Waals surface area (Å²) in [7, 11) is -1.34. The number of ether oxygens (including phenoxy) is 1. The standard InChI is InChI=1S/C27H28Cl3N3O5S/c1-4-24(27(35)31-2)32(16-20-21(28)11-8-12-22(20)29)26(34)17-33(18-13-14-25(38-3)23(30)15-18)39(36,37)19-9-6-5-7-10-19/h5-15,24H,4,16-17H2,1-3H3,(H,31,35)/t24-/m1/s1. The zero-order valence-corrected chi connectivity index (χ0v) is 24.6. The molecule has 8 nitrogen and oxygen atoms in total. The number of rotatable bonds is 11. The molecular weight excluding hydrogens is 585 g/mol. The van der Waals surface area contributed by atoms with Crippen molar-refractivity contribution in [1.29, 1.82) is 0 Å². The average molecular weight is 613 g/mol. The van der Waals surface area contributed by atoms with Crippen LogP contribution in [0.5, 0.6) is 5.75 Å². The van der Waals surface area contributed by atoms with Gasteiger partial charge in [0, 0.05) is 29.2 Å². The molecule has 3 aromatic rings. The molecule has 0 saturated heterocycles. The summed E-state index contributed by atoms with van der Waals surface area (Å²) in [5, 5.41) is 3.34. The molecule has 0 aromatic heterocycles. The van der Waals surface area contributed by atoms with Gasteiger partial charge in [-0.25, -0.2) is 8.42 Å². The van der Waals surface area contributed by atoms with E-state index in [9.17, 15) is 18.0 Å². The number of methoxy groups -OCH3 is 1. The van der Waals surface area contributed by atoms with Gasteiger partial charge < -0.3 is 15.0 Å². The third kappa shape index (κ3) is 6.97. The van der Waals surface area contributed by atoms with E-state index in [0.29, 0.717) is 21.4 Å². The van der Waals surface area contributed by atoms with Crippen molar-refractivity contribution in [3.8, 4) is 5.75 Å². The van der Waals surface area contributed by atoms with Crippen molar-refractivity contribution in [3.63, 3.8) is 0 Å². The molecule has 0 aliphatic rings. The van der Waals surface area contributed by atoms with Crippen LogP contribution in [0.25, 0.3) is 0 Å². The summed E-state index contributed by atoms with van der Waals surface area (Å²) in [4.78, 5) is 28.0. The number of carbonyl (C=O) groups excluding carboxylic acids is 2. The Bertz CT molecular complexity index is 1420. The van der Waals surface area contributed by atoms with Gasteiger partial charge in [0.15, 0.2) is 0 Å². The predicted octanol–water partition coefficient (Wildman–Crippen LogP) is 5.40. The monoisotopic (exact) mass is 611 g/mol. The minimum Gasteiger partial charge on any atom is -0.495 e. The zero-order valence-electron chi connectivity index (χ0n) is 21.5. The highest BCUT2D eigenvalue weighted by Crippen LogP contribution is 2.33. The third-order valence-electron chi connectivity index (χ3n) is 6.06. The van der Waals surface area contributed by atoms with Gasteiger partial charge in [0.25, 0.3) is 10.0 Å². The highest BCUT2D eigenvalue weighted by Gasteiger charge is 2.34. The van der Waals surface area contributed by atoms with Gasteiger partial charge in [0.05, 0.1) is 22.7 Å². The molecule has 0 radical (unpaired) electrons. The summed E-state index contributed by atoms with van der Waals surface area (Å²) >= 11 is 19.1. The van der Waals surface area contributed by atoms with E-state index >= 15 is 0 Å². The molecule has 3 rings (SSSR count). The first kappa shape index (κ1) is 30.6. The summed E-state index contributed by atoms with van der Waals surface area (Å²) in [5.74, 6) is -0.726. The second-order valence-electron chi connectivity index (χ2n) is 8.40. The van der Waals surface area contributed by atoms with Crippen molar-refractivity contribution in [3.05, 3.63) is 87.4 Å². The first-order valence-corrected chi connectivity index (χ1v) is 14.5. The van der Waals surface area contributed by atoms with E-state index < -0.39 is 34.4 Å². The van der Waals surface area contributed by atoms with Gasteiger partial charge in [0.1, 0.15) is 18.3 Å².